The summed E-state index contributed by atoms with van der Waals surface area (Å²) in [6.07, 6.45) is 9.94. The fourth-order valence-electron chi connectivity index (χ4n) is 5.02. The summed E-state index contributed by atoms with van der Waals surface area (Å²) in [5.41, 5.74) is 3.36. The second-order valence-corrected chi connectivity index (χ2v) is 7.72. The molecule has 3 heteroatoms. The molecule has 0 bridgehead atoms. The van der Waals surface area contributed by atoms with Gasteiger partial charge in [0.1, 0.15) is 12.4 Å². The number of likely N-dealkylation sites (tertiary alicyclic amines) is 1. The Bertz CT molecular complexity index is 710. The van der Waals surface area contributed by atoms with Gasteiger partial charge in [0.15, 0.2) is 0 Å². The lowest BCUT2D eigenvalue weighted by atomic mass is 9.88. The molecule has 0 radical (unpaired) electrons. The molecule has 4 aliphatic rings. The molecular formula is C21H26N2O. The topological polar surface area (TPSA) is 15.7 Å². The molecule has 3 atom stereocenters. The van der Waals surface area contributed by atoms with Crippen LogP contribution < -0.4 is 9.64 Å². The number of benzene rings is 1. The van der Waals surface area contributed by atoms with Gasteiger partial charge in [-0.2, -0.15) is 0 Å². The minimum absolute atomic E-state index is 0.469. The highest BCUT2D eigenvalue weighted by Crippen LogP contribution is 2.63. The van der Waals surface area contributed by atoms with Gasteiger partial charge >= 0.3 is 0 Å². The number of hydrogen-bond acceptors (Lipinski definition) is 3. The second kappa shape index (κ2) is 5.38. The zero-order valence-corrected chi connectivity index (χ0v) is 14.4. The van der Waals surface area contributed by atoms with Crippen molar-refractivity contribution in [1.29, 1.82) is 0 Å². The summed E-state index contributed by atoms with van der Waals surface area (Å²) in [7, 11) is 0. The third kappa shape index (κ3) is 2.14. The van der Waals surface area contributed by atoms with Crippen molar-refractivity contribution in [3.8, 4) is 5.75 Å². The van der Waals surface area contributed by atoms with Crippen LogP contribution in [-0.4, -0.2) is 43.7 Å². The predicted molar refractivity (Wildman–Crippen MR) is 97.6 cm³/mol. The molecule has 3 unspecified atom stereocenters. The van der Waals surface area contributed by atoms with Crippen LogP contribution >= 0.6 is 0 Å². The van der Waals surface area contributed by atoms with Crippen molar-refractivity contribution >= 4 is 5.69 Å². The zero-order valence-electron chi connectivity index (χ0n) is 14.4. The number of allylic oxidation sites excluding steroid dienone is 1. The van der Waals surface area contributed by atoms with Gasteiger partial charge in [0, 0.05) is 18.5 Å². The smallest absolute Gasteiger partial charge is 0.142 e. The lowest BCUT2D eigenvalue weighted by molar-refractivity contribution is 0.302. The molecule has 0 spiro atoms. The highest BCUT2D eigenvalue weighted by molar-refractivity contribution is 5.61. The van der Waals surface area contributed by atoms with E-state index in [9.17, 15) is 0 Å². The van der Waals surface area contributed by atoms with Crippen molar-refractivity contribution in [2.24, 2.45) is 11.3 Å². The maximum Gasteiger partial charge on any atom is 0.142 e. The largest absolute Gasteiger partial charge is 0.490 e. The van der Waals surface area contributed by atoms with Crippen LogP contribution in [0, 0.1) is 11.3 Å². The Balaban J connectivity index is 1.33. The fourth-order valence-corrected chi connectivity index (χ4v) is 5.02. The van der Waals surface area contributed by atoms with E-state index in [-0.39, 0.29) is 0 Å². The number of ether oxygens (including phenoxy) is 1. The van der Waals surface area contributed by atoms with Gasteiger partial charge in [-0.1, -0.05) is 37.3 Å². The van der Waals surface area contributed by atoms with Gasteiger partial charge in [-0.05, 0) is 43.0 Å². The average Bonchev–Trinajstić information content (AvgIpc) is 3.23. The molecule has 2 heterocycles. The van der Waals surface area contributed by atoms with Gasteiger partial charge in [0.25, 0.3) is 0 Å². The predicted octanol–water partition coefficient (Wildman–Crippen LogP) is 3.48. The molecule has 1 aromatic carbocycles. The van der Waals surface area contributed by atoms with Crippen molar-refractivity contribution in [3.05, 3.63) is 48.1 Å². The lowest BCUT2D eigenvalue weighted by Crippen LogP contribution is -2.40. The summed E-state index contributed by atoms with van der Waals surface area (Å²) in [6, 6.07) is 8.91. The molecular weight excluding hydrogens is 296 g/mol. The quantitative estimate of drug-likeness (QED) is 0.847. The van der Waals surface area contributed by atoms with Gasteiger partial charge in [0.2, 0.25) is 0 Å². The Morgan fingerprint density at radius 3 is 3.00 bits per heavy atom. The van der Waals surface area contributed by atoms with Gasteiger partial charge in [-0.25, -0.2) is 0 Å². The van der Waals surface area contributed by atoms with E-state index in [2.05, 4.69) is 59.2 Å². The van der Waals surface area contributed by atoms with Crippen LogP contribution in [0.2, 0.25) is 0 Å². The van der Waals surface area contributed by atoms with Crippen LogP contribution in [0.25, 0.3) is 0 Å². The van der Waals surface area contributed by atoms with Crippen molar-refractivity contribution in [1.82, 2.24) is 4.90 Å². The number of hydrogen-bond donors (Lipinski definition) is 0. The second-order valence-electron chi connectivity index (χ2n) is 7.72. The SMILES string of the molecule is CCN1CC2CC2(C2=CCC(N3CCOc4ccccc43)C=C2)C1. The molecule has 0 aromatic heterocycles. The molecule has 2 aliphatic carbocycles. The standard InChI is InChI=1S/C21H26N2O/c1-2-22-14-17-13-21(17,15-22)16-7-9-18(10-8-16)23-11-12-24-20-6-4-3-5-19(20)23/h3-9,17-18H,2,10-15H2,1H3. The van der Waals surface area contributed by atoms with Crippen molar-refractivity contribution in [2.45, 2.75) is 25.8 Å². The number of piperidine rings is 1. The van der Waals surface area contributed by atoms with E-state index in [1.165, 1.54) is 31.7 Å². The van der Waals surface area contributed by atoms with Crippen molar-refractivity contribution in [3.63, 3.8) is 0 Å². The van der Waals surface area contributed by atoms with E-state index in [1.807, 2.05) is 0 Å². The van der Waals surface area contributed by atoms with Crippen LogP contribution in [-0.2, 0) is 0 Å². The van der Waals surface area contributed by atoms with Crippen molar-refractivity contribution in [2.75, 3.05) is 37.7 Å². The van der Waals surface area contributed by atoms with Gasteiger partial charge in [0.05, 0.1) is 18.3 Å². The Morgan fingerprint density at radius 2 is 2.21 bits per heavy atom. The molecule has 2 aliphatic heterocycles. The van der Waals surface area contributed by atoms with E-state index < -0.39 is 0 Å². The van der Waals surface area contributed by atoms with Crippen molar-refractivity contribution < 1.29 is 4.74 Å². The average molecular weight is 322 g/mol. The lowest BCUT2D eigenvalue weighted by Gasteiger charge is -2.37. The number of rotatable bonds is 3. The summed E-state index contributed by atoms with van der Waals surface area (Å²) < 4.78 is 5.81. The van der Waals surface area contributed by atoms with Gasteiger partial charge in [-0.15, -0.1) is 0 Å². The maximum atomic E-state index is 5.81. The van der Waals surface area contributed by atoms with Gasteiger partial charge < -0.3 is 14.5 Å². The van der Waals surface area contributed by atoms with Crippen LogP contribution in [0.15, 0.2) is 48.1 Å². The molecule has 0 amide bonds. The van der Waals surface area contributed by atoms with E-state index in [1.54, 1.807) is 5.57 Å². The Morgan fingerprint density at radius 1 is 1.29 bits per heavy atom. The summed E-state index contributed by atoms with van der Waals surface area (Å²) in [6.45, 7) is 7.83. The normalized spacial score (nSPS) is 34.4. The first kappa shape index (κ1) is 14.6. The first-order valence-electron chi connectivity index (χ1n) is 9.40. The highest BCUT2D eigenvalue weighted by Gasteiger charge is 2.60. The monoisotopic (exact) mass is 322 g/mol. The van der Waals surface area contributed by atoms with Gasteiger partial charge in [-0.3, -0.25) is 0 Å². The van der Waals surface area contributed by atoms with Crippen LogP contribution in [0.1, 0.15) is 19.8 Å². The molecule has 1 saturated heterocycles. The zero-order chi connectivity index (χ0) is 16.1. The minimum atomic E-state index is 0.469. The number of fused-ring (bicyclic) bond motifs is 2. The third-order valence-electron chi connectivity index (χ3n) is 6.48. The molecule has 1 aromatic rings. The highest BCUT2D eigenvalue weighted by atomic mass is 16.5. The molecule has 126 valence electrons. The molecule has 3 nitrogen and oxygen atoms in total. The summed E-state index contributed by atoms with van der Waals surface area (Å²) >= 11 is 0. The molecule has 2 fully saturated rings. The first-order valence-corrected chi connectivity index (χ1v) is 9.40. The molecule has 1 saturated carbocycles. The Kier molecular flexibility index (Phi) is 3.27. The molecule has 24 heavy (non-hydrogen) atoms. The van der Waals surface area contributed by atoms with E-state index >= 15 is 0 Å². The summed E-state index contributed by atoms with van der Waals surface area (Å²) in [5.74, 6) is 1.94. The summed E-state index contributed by atoms with van der Waals surface area (Å²) in [4.78, 5) is 5.13. The first-order chi connectivity index (χ1) is 11.8. The number of nitrogens with zero attached hydrogens (tertiary/aromatic N) is 2. The minimum Gasteiger partial charge on any atom is -0.490 e. The Labute approximate surface area is 144 Å². The van der Waals surface area contributed by atoms with E-state index in [0.717, 1.165) is 31.2 Å². The van der Waals surface area contributed by atoms with Crippen LogP contribution in [0.5, 0.6) is 5.75 Å². The van der Waals surface area contributed by atoms with Crippen LogP contribution in [0.4, 0.5) is 5.69 Å². The van der Waals surface area contributed by atoms with E-state index in [0.29, 0.717) is 11.5 Å². The van der Waals surface area contributed by atoms with Crippen LogP contribution in [0.3, 0.4) is 0 Å². The Hall–Kier alpha value is -1.74. The van der Waals surface area contributed by atoms with E-state index in [4.69, 9.17) is 4.74 Å². The molecule has 0 N–H and O–H groups in total. The molecule has 5 rings (SSSR count). The fraction of sp³-hybridized carbons (Fsp3) is 0.524. The third-order valence-corrected chi connectivity index (χ3v) is 6.48. The number of para-hydroxylation sites is 2. The summed E-state index contributed by atoms with van der Waals surface area (Å²) in [5, 5.41) is 0. The number of anilines is 1. The maximum absolute atomic E-state index is 5.81.